The summed E-state index contributed by atoms with van der Waals surface area (Å²) in [7, 11) is 1.59. The van der Waals surface area contributed by atoms with E-state index in [4.69, 9.17) is 27.9 Å². The first-order valence-corrected chi connectivity index (χ1v) is 6.41. The molecule has 2 rings (SSSR count). The van der Waals surface area contributed by atoms with Gasteiger partial charge in [0.05, 0.1) is 22.8 Å². The molecule has 0 spiro atoms. The first-order chi connectivity index (χ1) is 9.11. The number of para-hydroxylation sites is 1. The van der Waals surface area contributed by atoms with Gasteiger partial charge in [0.2, 0.25) is 0 Å². The Morgan fingerprint density at radius 2 is 1.95 bits per heavy atom. The first-order valence-electron chi connectivity index (χ1n) is 5.65. The Morgan fingerprint density at radius 3 is 2.68 bits per heavy atom. The largest absolute Gasteiger partial charge is 0.506 e. The molecule has 0 saturated carbocycles. The monoisotopic (exact) mass is 297 g/mol. The summed E-state index contributed by atoms with van der Waals surface area (Å²) < 4.78 is 5.14. The molecule has 0 aliphatic heterocycles. The van der Waals surface area contributed by atoms with Crippen LogP contribution >= 0.6 is 23.2 Å². The minimum Gasteiger partial charge on any atom is -0.506 e. The number of hydrogen-bond acceptors (Lipinski definition) is 3. The summed E-state index contributed by atoms with van der Waals surface area (Å²) in [6.45, 7) is 0.416. The molecule has 0 unspecified atom stereocenters. The molecule has 3 nitrogen and oxygen atoms in total. The van der Waals surface area contributed by atoms with Crippen LogP contribution in [-0.2, 0) is 6.54 Å². The first kappa shape index (κ1) is 13.8. The minimum atomic E-state index is 0.0793. The molecule has 2 aromatic rings. The number of rotatable bonds is 4. The van der Waals surface area contributed by atoms with Crippen molar-refractivity contribution in [1.82, 2.24) is 0 Å². The molecule has 0 bridgehead atoms. The average Bonchev–Trinajstić information content (AvgIpc) is 2.42. The molecule has 2 N–H and O–H groups in total. The van der Waals surface area contributed by atoms with Crippen molar-refractivity contribution in [3.05, 3.63) is 52.0 Å². The van der Waals surface area contributed by atoms with Crippen LogP contribution in [0.3, 0.4) is 0 Å². The zero-order valence-corrected chi connectivity index (χ0v) is 11.8. The number of aromatic hydroxyl groups is 1. The maximum Gasteiger partial charge on any atom is 0.139 e. The highest BCUT2D eigenvalue weighted by molar-refractivity contribution is 6.33. The molecule has 100 valence electrons. The van der Waals surface area contributed by atoms with Crippen molar-refractivity contribution in [2.24, 2.45) is 0 Å². The summed E-state index contributed by atoms with van der Waals surface area (Å²) in [6, 6.07) is 10.5. The highest BCUT2D eigenvalue weighted by atomic mass is 35.5. The number of halogens is 2. The van der Waals surface area contributed by atoms with Gasteiger partial charge in [-0.2, -0.15) is 0 Å². The van der Waals surface area contributed by atoms with Crippen molar-refractivity contribution in [3.63, 3.8) is 0 Å². The normalized spacial score (nSPS) is 10.3. The number of benzene rings is 2. The van der Waals surface area contributed by atoms with Gasteiger partial charge in [-0.05, 0) is 18.2 Å². The van der Waals surface area contributed by atoms with Crippen LogP contribution in [0.5, 0.6) is 11.5 Å². The van der Waals surface area contributed by atoms with Crippen LogP contribution in [0.15, 0.2) is 36.4 Å². The van der Waals surface area contributed by atoms with Crippen molar-refractivity contribution < 1.29 is 9.84 Å². The van der Waals surface area contributed by atoms with Gasteiger partial charge in [-0.15, -0.1) is 0 Å². The van der Waals surface area contributed by atoms with Crippen LogP contribution in [-0.4, -0.2) is 12.2 Å². The van der Waals surface area contributed by atoms with E-state index in [0.717, 1.165) is 5.69 Å². The molecule has 0 saturated heterocycles. The lowest BCUT2D eigenvalue weighted by Gasteiger charge is -2.11. The van der Waals surface area contributed by atoms with Gasteiger partial charge in [-0.1, -0.05) is 35.3 Å². The third kappa shape index (κ3) is 3.25. The van der Waals surface area contributed by atoms with Crippen molar-refractivity contribution in [1.29, 1.82) is 0 Å². The molecule has 0 fully saturated rings. The van der Waals surface area contributed by atoms with Crippen LogP contribution < -0.4 is 10.1 Å². The fourth-order valence-corrected chi connectivity index (χ4v) is 2.04. The van der Waals surface area contributed by atoms with Gasteiger partial charge in [0.1, 0.15) is 11.5 Å². The van der Waals surface area contributed by atoms with Crippen molar-refractivity contribution in [2.45, 2.75) is 6.54 Å². The van der Waals surface area contributed by atoms with Gasteiger partial charge in [-0.3, -0.25) is 0 Å². The van der Waals surface area contributed by atoms with E-state index in [9.17, 15) is 5.11 Å². The molecule has 5 heteroatoms. The Labute approximate surface area is 121 Å². The van der Waals surface area contributed by atoms with Gasteiger partial charge < -0.3 is 15.2 Å². The van der Waals surface area contributed by atoms with Crippen molar-refractivity contribution in [2.75, 3.05) is 12.4 Å². The minimum absolute atomic E-state index is 0.0793. The zero-order chi connectivity index (χ0) is 13.8. The maximum absolute atomic E-state index is 9.82. The third-order valence-corrected chi connectivity index (χ3v) is 3.35. The van der Waals surface area contributed by atoms with Crippen LogP contribution in [0.1, 0.15) is 5.56 Å². The highest BCUT2D eigenvalue weighted by Gasteiger charge is 2.07. The van der Waals surface area contributed by atoms with Gasteiger partial charge in [0.15, 0.2) is 0 Å². The lowest BCUT2D eigenvalue weighted by atomic mass is 10.2. The molecule has 2 aromatic carbocycles. The molecule has 0 aromatic heterocycles. The second kappa shape index (κ2) is 6.04. The van der Waals surface area contributed by atoms with E-state index in [1.165, 1.54) is 0 Å². The predicted molar refractivity (Wildman–Crippen MR) is 78.4 cm³/mol. The Morgan fingerprint density at radius 1 is 1.16 bits per heavy atom. The Hall–Kier alpha value is -1.58. The van der Waals surface area contributed by atoms with E-state index in [0.29, 0.717) is 27.9 Å². The van der Waals surface area contributed by atoms with Crippen LogP contribution in [0.2, 0.25) is 10.0 Å². The molecule has 0 aliphatic rings. The molecule has 0 radical (unpaired) electrons. The fourth-order valence-electron chi connectivity index (χ4n) is 1.66. The van der Waals surface area contributed by atoms with Crippen molar-refractivity contribution in [3.8, 4) is 11.5 Å². The lowest BCUT2D eigenvalue weighted by Crippen LogP contribution is -2.00. The van der Waals surface area contributed by atoms with Gasteiger partial charge in [0.25, 0.3) is 0 Å². The smallest absolute Gasteiger partial charge is 0.139 e. The number of nitrogens with one attached hydrogen (secondary N) is 1. The predicted octanol–water partition coefficient (Wildman–Crippen LogP) is 4.32. The van der Waals surface area contributed by atoms with E-state index in [-0.39, 0.29) is 5.75 Å². The van der Waals surface area contributed by atoms with Crippen LogP contribution in [0.4, 0.5) is 5.69 Å². The van der Waals surface area contributed by atoms with E-state index >= 15 is 0 Å². The summed E-state index contributed by atoms with van der Waals surface area (Å²) in [5.41, 5.74) is 1.44. The summed E-state index contributed by atoms with van der Waals surface area (Å²) in [6.07, 6.45) is 0. The summed E-state index contributed by atoms with van der Waals surface area (Å²) in [5, 5.41) is 13.9. The molecular formula is C14H13Cl2NO2. The van der Waals surface area contributed by atoms with Gasteiger partial charge in [-0.25, -0.2) is 0 Å². The van der Waals surface area contributed by atoms with Gasteiger partial charge >= 0.3 is 0 Å². The molecule has 0 aliphatic carbocycles. The van der Waals surface area contributed by atoms with E-state index in [2.05, 4.69) is 5.32 Å². The summed E-state index contributed by atoms with van der Waals surface area (Å²) in [5.74, 6) is 0.790. The number of anilines is 1. The Kier molecular flexibility index (Phi) is 4.40. The quantitative estimate of drug-likeness (QED) is 0.883. The zero-order valence-electron chi connectivity index (χ0n) is 10.3. The van der Waals surface area contributed by atoms with Crippen LogP contribution in [0, 0.1) is 0 Å². The number of hydrogen-bond donors (Lipinski definition) is 2. The number of phenols is 1. The molecule has 0 heterocycles. The third-order valence-electron chi connectivity index (χ3n) is 2.71. The van der Waals surface area contributed by atoms with Crippen LogP contribution in [0.25, 0.3) is 0 Å². The number of ether oxygens (including phenoxy) is 1. The van der Waals surface area contributed by atoms with E-state index < -0.39 is 0 Å². The second-order valence-corrected chi connectivity index (χ2v) is 4.76. The molecule has 0 amide bonds. The average molecular weight is 298 g/mol. The second-order valence-electron chi connectivity index (χ2n) is 3.95. The SMILES string of the molecule is COc1ccc(Cl)c(NCc2cccc(Cl)c2O)c1. The molecule has 0 atom stereocenters. The fraction of sp³-hybridized carbons (Fsp3) is 0.143. The van der Waals surface area contributed by atoms with E-state index in [1.807, 2.05) is 0 Å². The summed E-state index contributed by atoms with van der Waals surface area (Å²) >= 11 is 11.9. The topological polar surface area (TPSA) is 41.5 Å². The number of methoxy groups -OCH3 is 1. The standard InChI is InChI=1S/C14H13Cl2NO2/c1-19-10-5-6-11(15)13(7-10)17-8-9-3-2-4-12(16)14(9)18/h2-7,17-18H,8H2,1H3. The maximum atomic E-state index is 9.82. The lowest BCUT2D eigenvalue weighted by molar-refractivity contribution is 0.415. The summed E-state index contributed by atoms with van der Waals surface area (Å²) in [4.78, 5) is 0. The van der Waals surface area contributed by atoms with Gasteiger partial charge in [0, 0.05) is 18.2 Å². The van der Waals surface area contributed by atoms with E-state index in [1.54, 1.807) is 43.5 Å². The Balaban J connectivity index is 2.16. The molecular weight excluding hydrogens is 285 g/mol. The Bertz CT molecular complexity index is 588. The molecule has 19 heavy (non-hydrogen) atoms. The number of phenolic OH excluding ortho intramolecular Hbond substituents is 1. The van der Waals surface area contributed by atoms with Crippen molar-refractivity contribution >= 4 is 28.9 Å². The highest BCUT2D eigenvalue weighted by Crippen LogP contribution is 2.30.